The zero-order chi connectivity index (χ0) is 14.0. The Bertz CT molecular complexity index is 413. The van der Waals surface area contributed by atoms with E-state index in [9.17, 15) is 4.79 Å². The molecule has 0 unspecified atom stereocenters. The molecule has 7 heteroatoms. The van der Waals surface area contributed by atoms with Gasteiger partial charge in [0.05, 0.1) is 0 Å². The molecule has 0 spiro atoms. The van der Waals surface area contributed by atoms with Gasteiger partial charge in [-0.2, -0.15) is 6.61 Å². The Hall–Kier alpha value is 0.485. The Labute approximate surface area is 187 Å². The van der Waals surface area contributed by atoms with Crippen molar-refractivity contribution in [3.05, 3.63) is 56.9 Å². The number of hydrogen-bond acceptors (Lipinski definition) is 3. The molecular formula is C15H25N2O2UVW-3. The van der Waals surface area contributed by atoms with Gasteiger partial charge in [0.1, 0.15) is 5.84 Å². The maximum Gasteiger partial charge on any atom is 0.271 e. The summed E-state index contributed by atoms with van der Waals surface area (Å²) in [6, 6.07) is 7.47. The van der Waals surface area contributed by atoms with Crippen LogP contribution in [0.3, 0.4) is 0 Å². The second kappa shape index (κ2) is 21.5. The second-order valence-corrected chi connectivity index (χ2v) is 3.43. The molecule has 1 rings (SSSR count). The molecule has 3 N–H and O–H groups in total. The zero-order valence-corrected chi connectivity index (χ0v) is 22.0. The SMILES string of the molecule is CC(=O)O[CH-]CCc1cccc(C(=N)N)c1.[3H]C.[CH3-].[CH3-].[U].[V].[W]. The van der Waals surface area contributed by atoms with Gasteiger partial charge < -0.3 is 25.3 Å². The van der Waals surface area contributed by atoms with Crippen molar-refractivity contribution in [2.45, 2.75) is 27.2 Å². The normalized spacial score (nSPS) is 7.45. The molecular weight excluding hydrogens is 713 g/mol. The van der Waals surface area contributed by atoms with Crippen molar-refractivity contribution in [1.82, 2.24) is 0 Å². The predicted molar refractivity (Wildman–Crippen MR) is 81.4 cm³/mol. The fourth-order valence-electron chi connectivity index (χ4n) is 1.30. The molecule has 0 aliphatic rings. The molecule has 0 heterocycles. The van der Waals surface area contributed by atoms with Gasteiger partial charge in [0.25, 0.3) is 5.97 Å². The van der Waals surface area contributed by atoms with Crippen molar-refractivity contribution in [3.8, 4) is 0 Å². The number of carbonyl (C=O) groups excluding carboxylic acids is 1. The number of aryl methyl sites for hydroxylation is 1. The summed E-state index contributed by atoms with van der Waals surface area (Å²) in [5, 5.41) is 7.30. The van der Waals surface area contributed by atoms with Crippen LogP contribution in [0.25, 0.3) is 0 Å². The minimum absolute atomic E-state index is 0. The topological polar surface area (TPSA) is 76.2 Å². The zero-order valence-electron chi connectivity index (χ0n) is 14.6. The fraction of sp³-hybridized carbons (Fsp3) is 0.267. The van der Waals surface area contributed by atoms with Gasteiger partial charge in [0.2, 0.25) is 0 Å². The molecule has 1 aromatic carbocycles. The maximum absolute atomic E-state index is 10.5. The summed E-state index contributed by atoms with van der Waals surface area (Å²) < 4.78 is 10.5. The average Bonchev–Trinajstić information content (AvgIpc) is 2.37. The molecule has 1 radical (unpaired) electrons. The molecule has 125 valence electrons. The molecule has 0 saturated heterocycles. The maximum atomic E-state index is 10.5. The van der Waals surface area contributed by atoms with Gasteiger partial charge >= 0.3 is 0 Å². The molecule has 0 saturated carbocycles. The van der Waals surface area contributed by atoms with Crippen LogP contribution in [-0.2, 0) is 55.6 Å². The summed E-state index contributed by atoms with van der Waals surface area (Å²) in [5.41, 5.74) is 7.16. The van der Waals surface area contributed by atoms with E-state index in [0.29, 0.717) is 12.0 Å². The number of benzene rings is 1. The largest absolute Gasteiger partial charge is 0.637 e. The summed E-state index contributed by atoms with van der Waals surface area (Å²) in [6.07, 6.45) is 1.41. The van der Waals surface area contributed by atoms with Gasteiger partial charge in [0, 0.05) is 84.6 Å². The first-order valence-corrected chi connectivity index (χ1v) is 5.02. The predicted octanol–water partition coefficient (Wildman–Crippen LogP) is 3.16. The molecule has 0 fully saturated rings. The third-order valence-corrected chi connectivity index (χ3v) is 2.04. The average molecular weight is 740 g/mol. The van der Waals surface area contributed by atoms with Crippen molar-refractivity contribution >= 4 is 11.8 Å². The first-order chi connectivity index (χ1) is 8.59. The van der Waals surface area contributed by atoms with Crippen LogP contribution in [0, 0.1) is 58.0 Å². The molecule has 0 aliphatic heterocycles. The van der Waals surface area contributed by atoms with Crippen molar-refractivity contribution in [3.63, 3.8) is 0 Å². The van der Waals surface area contributed by atoms with E-state index in [1.165, 1.54) is 20.9 Å². The summed E-state index contributed by atoms with van der Waals surface area (Å²) in [7, 11) is 1.25. The first-order valence-electron chi connectivity index (χ1n) is 6.02. The Morgan fingerprint density at radius 2 is 2.00 bits per heavy atom. The van der Waals surface area contributed by atoms with Gasteiger partial charge in [-0.15, -0.1) is 6.42 Å². The first kappa shape index (κ1) is 33.9. The van der Waals surface area contributed by atoms with Crippen molar-refractivity contribution in [1.29, 1.82) is 5.41 Å². The van der Waals surface area contributed by atoms with Crippen LogP contribution in [0.2, 0.25) is 0 Å². The van der Waals surface area contributed by atoms with E-state index < -0.39 is 0 Å². The number of hydrogen-bond donors (Lipinski definition) is 2. The van der Waals surface area contributed by atoms with Crippen molar-refractivity contribution in [2.75, 3.05) is 0 Å². The van der Waals surface area contributed by atoms with E-state index in [1.54, 1.807) is 6.07 Å². The van der Waals surface area contributed by atoms with Crippen LogP contribution >= 0.6 is 0 Å². The number of esters is 1. The van der Waals surface area contributed by atoms with Gasteiger partial charge in [-0.3, -0.25) is 10.2 Å². The number of carbonyl (C=O) groups is 1. The molecule has 0 bridgehead atoms. The standard InChI is InChI=1S/C12H15N2O2.CH4.2CH3.U.V.W/c1-9(15)16-7-3-5-10-4-2-6-11(8-10)12(13)14;;;;;;/h2,4,6-8H,3,5H2,1H3,(H3,13,14);1H4;2*1H3;;;/q-1;;2*-1;;;/i;1T;;;;;. The summed E-state index contributed by atoms with van der Waals surface area (Å²) >= 11 is 0. The van der Waals surface area contributed by atoms with E-state index in [4.69, 9.17) is 17.3 Å². The molecule has 0 aromatic heterocycles. The molecule has 1 aromatic rings. The Balaban J connectivity index is -0.0000000992. The summed E-state index contributed by atoms with van der Waals surface area (Å²) in [6.45, 7) is 2.86. The summed E-state index contributed by atoms with van der Waals surface area (Å²) in [5.74, 6) is -0.247. The number of nitrogen functional groups attached to an aromatic ring is 1. The van der Waals surface area contributed by atoms with Gasteiger partial charge in [0.15, 0.2) is 0 Å². The van der Waals surface area contributed by atoms with E-state index in [2.05, 4.69) is 0 Å². The summed E-state index contributed by atoms with van der Waals surface area (Å²) in [4.78, 5) is 10.5. The molecule has 0 aliphatic carbocycles. The van der Waals surface area contributed by atoms with Crippen LogP contribution in [0.5, 0.6) is 0 Å². The van der Waals surface area contributed by atoms with E-state index in [0.717, 1.165) is 12.0 Å². The smallest absolute Gasteiger partial charge is 0.271 e. The number of nitrogens with one attached hydrogen (secondary N) is 1. The van der Waals surface area contributed by atoms with Crippen LogP contribution in [0.15, 0.2) is 24.3 Å². The Kier molecular flexibility index (Phi) is 33.2. The van der Waals surface area contributed by atoms with E-state index in [-0.39, 0.29) is 97.4 Å². The van der Waals surface area contributed by atoms with Gasteiger partial charge in [-0.05, 0) is 11.6 Å². The van der Waals surface area contributed by atoms with Crippen molar-refractivity contribution < 1.29 is 81.6 Å². The van der Waals surface area contributed by atoms with Gasteiger partial charge in [-0.25, -0.2) is 0 Å². The Morgan fingerprint density at radius 1 is 1.45 bits per heavy atom. The number of nitrogens with two attached hydrogens (primary N) is 1. The third kappa shape index (κ3) is 16.8. The minimum atomic E-state index is -0.308. The van der Waals surface area contributed by atoms with Gasteiger partial charge in [-0.1, -0.05) is 32.0 Å². The van der Waals surface area contributed by atoms with E-state index in [1.807, 2.05) is 18.2 Å². The van der Waals surface area contributed by atoms with Crippen LogP contribution in [-0.4, -0.2) is 11.8 Å². The van der Waals surface area contributed by atoms with Crippen LogP contribution in [0.1, 0.15) is 33.2 Å². The second-order valence-electron chi connectivity index (χ2n) is 3.43. The number of ether oxygens (including phenoxy) is 1. The molecule has 4 nitrogen and oxygen atoms in total. The monoisotopic (exact) mass is 740 g/mol. The quantitative estimate of drug-likeness (QED) is 0.160. The fourth-order valence-corrected chi connectivity index (χ4v) is 1.30. The molecule has 22 heavy (non-hydrogen) atoms. The Morgan fingerprint density at radius 3 is 2.45 bits per heavy atom. The minimum Gasteiger partial charge on any atom is -0.637 e. The van der Waals surface area contributed by atoms with E-state index >= 15 is 0 Å². The molecule has 0 amide bonds. The third-order valence-electron chi connectivity index (χ3n) is 2.04. The van der Waals surface area contributed by atoms with Crippen LogP contribution < -0.4 is 5.73 Å². The number of rotatable bonds is 5. The van der Waals surface area contributed by atoms with Crippen LogP contribution in [0.4, 0.5) is 0 Å². The number of amidine groups is 1. The van der Waals surface area contributed by atoms with Crippen molar-refractivity contribution in [2.24, 2.45) is 5.73 Å². The molecule has 0 atom stereocenters.